The molecule has 3 aliphatic rings. The van der Waals surface area contributed by atoms with Gasteiger partial charge in [0.15, 0.2) is 0 Å². The first-order valence-corrected chi connectivity index (χ1v) is 10.2. The van der Waals surface area contributed by atoms with E-state index >= 15 is 0 Å². The van der Waals surface area contributed by atoms with Crippen molar-refractivity contribution in [3.8, 4) is 0 Å². The van der Waals surface area contributed by atoms with E-state index in [1.54, 1.807) is 12.1 Å². The summed E-state index contributed by atoms with van der Waals surface area (Å²) >= 11 is 0. The van der Waals surface area contributed by atoms with E-state index in [1.165, 1.54) is 0 Å². The quantitative estimate of drug-likeness (QED) is 0.846. The minimum Gasteiger partial charge on any atom is -0.478 e. The fourth-order valence-electron chi connectivity index (χ4n) is 4.72. The van der Waals surface area contributed by atoms with Gasteiger partial charge in [0.25, 0.3) is 0 Å². The number of amides is 3. The lowest BCUT2D eigenvalue weighted by Crippen LogP contribution is -2.50. The van der Waals surface area contributed by atoms with Crippen molar-refractivity contribution in [2.75, 3.05) is 32.7 Å². The molecular weight excluding hydrogens is 358 g/mol. The average molecular weight is 385 g/mol. The van der Waals surface area contributed by atoms with E-state index in [2.05, 4.69) is 0 Å². The predicted molar refractivity (Wildman–Crippen MR) is 103 cm³/mol. The van der Waals surface area contributed by atoms with Crippen LogP contribution in [0.25, 0.3) is 0 Å². The van der Waals surface area contributed by atoms with Crippen LogP contribution in [0.2, 0.25) is 0 Å². The highest BCUT2D eigenvalue weighted by Crippen LogP contribution is 2.27. The fraction of sp³-hybridized carbons (Fsp3) is 0.571. The molecule has 1 N–H and O–H groups in total. The Morgan fingerprint density at radius 2 is 1.68 bits per heavy atom. The van der Waals surface area contributed by atoms with Gasteiger partial charge in [-0.3, -0.25) is 4.79 Å². The molecule has 28 heavy (non-hydrogen) atoms. The van der Waals surface area contributed by atoms with Crippen LogP contribution in [-0.4, -0.2) is 70.4 Å². The van der Waals surface area contributed by atoms with Gasteiger partial charge in [-0.25, -0.2) is 9.59 Å². The Kier molecular flexibility index (Phi) is 5.24. The van der Waals surface area contributed by atoms with Crippen LogP contribution in [0.15, 0.2) is 18.2 Å². The summed E-state index contributed by atoms with van der Waals surface area (Å²) in [5.41, 5.74) is 2.10. The Morgan fingerprint density at radius 3 is 2.43 bits per heavy atom. The molecule has 0 spiro atoms. The van der Waals surface area contributed by atoms with Gasteiger partial charge in [0.05, 0.1) is 11.5 Å². The molecule has 2 saturated heterocycles. The number of aromatic carboxylic acids is 1. The number of carboxylic acids is 1. The molecule has 4 rings (SSSR count). The monoisotopic (exact) mass is 385 g/mol. The lowest BCUT2D eigenvalue weighted by Gasteiger charge is -2.38. The van der Waals surface area contributed by atoms with Crippen molar-refractivity contribution in [3.05, 3.63) is 34.9 Å². The van der Waals surface area contributed by atoms with Crippen molar-refractivity contribution in [1.82, 2.24) is 14.7 Å². The maximum Gasteiger partial charge on any atom is 0.335 e. The van der Waals surface area contributed by atoms with Gasteiger partial charge in [0.1, 0.15) is 0 Å². The second-order valence-electron chi connectivity index (χ2n) is 8.02. The Balaban J connectivity index is 1.42. The first-order chi connectivity index (χ1) is 13.5. The highest BCUT2D eigenvalue weighted by molar-refractivity contribution is 5.90. The molecule has 3 aliphatic heterocycles. The molecule has 0 aromatic heterocycles. The summed E-state index contributed by atoms with van der Waals surface area (Å²) in [6.45, 7) is 3.85. The van der Waals surface area contributed by atoms with Crippen molar-refractivity contribution in [2.24, 2.45) is 5.92 Å². The zero-order valence-corrected chi connectivity index (χ0v) is 16.1. The van der Waals surface area contributed by atoms with Crippen LogP contribution < -0.4 is 0 Å². The van der Waals surface area contributed by atoms with E-state index in [9.17, 15) is 19.5 Å². The molecule has 1 aromatic rings. The van der Waals surface area contributed by atoms with E-state index in [-0.39, 0.29) is 17.9 Å². The van der Waals surface area contributed by atoms with Crippen molar-refractivity contribution >= 4 is 17.9 Å². The van der Waals surface area contributed by atoms with Gasteiger partial charge in [0, 0.05) is 39.3 Å². The number of fused-ring (bicyclic) bond motifs is 1. The van der Waals surface area contributed by atoms with Gasteiger partial charge in [-0.05, 0) is 49.3 Å². The topological polar surface area (TPSA) is 81.2 Å². The molecule has 7 nitrogen and oxygen atoms in total. The maximum absolute atomic E-state index is 13.1. The molecule has 3 heterocycles. The maximum atomic E-state index is 13.1. The van der Waals surface area contributed by atoms with Crippen LogP contribution >= 0.6 is 0 Å². The molecule has 2 fully saturated rings. The first-order valence-electron chi connectivity index (χ1n) is 10.2. The van der Waals surface area contributed by atoms with Gasteiger partial charge >= 0.3 is 12.0 Å². The lowest BCUT2D eigenvalue weighted by atomic mass is 9.92. The van der Waals surface area contributed by atoms with Crippen LogP contribution in [0.4, 0.5) is 4.79 Å². The third-order valence-corrected chi connectivity index (χ3v) is 6.23. The van der Waals surface area contributed by atoms with E-state index in [4.69, 9.17) is 0 Å². The minimum absolute atomic E-state index is 0.0742. The summed E-state index contributed by atoms with van der Waals surface area (Å²) in [6.07, 6.45) is 4.35. The molecule has 7 heteroatoms. The summed E-state index contributed by atoms with van der Waals surface area (Å²) in [5, 5.41) is 9.37. The van der Waals surface area contributed by atoms with Gasteiger partial charge < -0.3 is 19.8 Å². The van der Waals surface area contributed by atoms with E-state index in [0.717, 1.165) is 56.4 Å². The number of carboxylic acid groups (broad SMARTS) is 1. The van der Waals surface area contributed by atoms with Crippen LogP contribution in [-0.2, 0) is 17.8 Å². The van der Waals surface area contributed by atoms with Crippen molar-refractivity contribution in [3.63, 3.8) is 0 Å². The minimum atomic E-state index is -0.917. The Hall–Kier alpha value is -2.57. The number of hydrogen-bond donors (Lipinski definition) is 1. The molecule has 150 valence electrons. The Morgan fingerprint density at radius 1 is 0.929 bits per heavy atom. The zero-order chi connectivity index (χ0) is 19.7. The molecule has 0 saturated carbocycles. The third-order valence-electron chi connectivity index (χ3n) is 6.23. The number of likely N-dealkylation sites (tertiary alicyclic amines) is 2. The SMILES string of the molecule is O=C(O)c1cccc2c1CCN(C(=O)C1CCCN(C(=O)N3CCCC3)C1)C2. The number of urea groups is 1. The number of nitrogens with zero attached hydrogens (tertiary/aromatic N) is 3. The number of hydrogen-bond acceptors (Lipinski definition) is 3. The second-order valence-corrected chi connectivity index (χ2v) is 8.02. The van der Waals surface area contributed by atoms with Gasteiger partial charge in [0.2, 0.25) is 5.91 Å². The molecule has 0 radical (unpaired) electrons. The van der Waals surface area contributed by atoms with Crippen molar-refractivity contribution in [1.29, 1.82) is 0 Å². The molecule has 1 atom stereocenters. The Labute approximate surface area is 164 Å². The summed E-state index contributed by atoms with van der Waals surface area (Å²) in [6, 6.07) is 5.35. The second kappa shape index (κ2) is 7.81. The number of carbonyl (C=O) groups is 3. The third kappa shape index (κ3) is 3.57. The lowest BCUT2D eigenvalue weighted by molar-refractivity contribution is -0.137. The van der Waals surface area contributed by atoms with Gasteiger partial charge in [-0.15, -0.1) is 0 Å². The molecule has 3 amide bonds. The summed E-state index contributed by atoms with van der Waals surface area (Å²) in [5.74, 6) is -0.991. The van der Waals surface area contributed by atoms with Crippen LogP contribution in [0, 0.1) is 5.92 Å². The molecule has 1 aromatic carbocycles. The fourth-order valence-corrected chi connectivity index (χ4v) is 4.72. The number of rotatable bonds is 2. The zero-order valence-electron chi connectivity index (χ0n) is 16.1. The van der Waals surface area contributed by atoms with Crippen LogP contribution in [0.5, 0.6) is 0 Å². The van der Waals surface area contributed by atoms with Gasteiger partial charge in [-0.2, -0.15) is 0 Å². The van der Waals surface area contributed by atoms with Gasteiger partial charge in [-0.1, -0.05) is 12.1 Å². The van der Waals surface area contributed by atoms with Crippen LogP contribution in [0.3, 0.4) is 0 Å². The molecule has 0 bridgehead atoms. The van der Waals surface area contributed by atoms with E-state index < -0.39 is 5.97 Å². The summed E-state index contributed by atoms with van der Waals surface area (Å²) in [4.78, 5) is 42.8. The average Bonchev–Trinajstić information content (AvgIpc) is 3.26. The molecular formula is C21H27N3O4. The van der Waals surface area contributed by atoms with E-state index in [0.29, 0.717) is 31.6 Å². The van der Waals surface area contributed by atoms with E-state index in [1.807, 2.05) is 20.8 Å². The first kappa shape index (κ1) is 18.8. The normalized spacial score (nSPS) is 22.1. The Bertz CT molecular complexity index is 788. The number of carbonyl (C=O) groups excluding carboxylic acids is 2. The highest BCUT2D eigenvalue weighted by atomic mass is 16.4. The standard InChI is InChI=1S/C21H27N3O4/c25-19(16-6-4-11-24(14-16)21(28)22-9-1-2-10-22)23-12-8-17-15(13-23)5-3-7-18(17)20(26)27/h3,5,7,16H,1-2,4,6,8-14H2,(H,26,27). The smallest absolute Gasteiger partial charge is 0.335 e. The predicted octanol–water partition coefficient (Wildman–Crippen LogP) is 2.20. The van der Waals surface area contributed by atoms with Crippen molar-refractivity contribution < 1.29 is 19.5 Å². The number of benzene rings is 1. The molecule has 1 unspecified atom stereocenters. The highest BCUT2D eigenvalue weighted by Gasteiger charge is 2.34. The molecule has 0 aliphatic carbocycles. The largest absolute Gasteiger partial charge is 0.478 e. The van der Waals surface area contributed by atoms with Crippen molar-refractivity contribution in [2.45, 2.75) is 38.6 Å². The summed E-state index contributed by atoms with van der Waals surface area (Å²) in [7, 11) is 0. The summed E-state index contributed by atoms with van der Waals surface area (Å²) < 4.78 is 0. The number of piperidine rings is 1. The van der Waals surface area contributed by atoms with Crippen LogP contribution in [0.1, 0.15) is 47.2 Å².